The molecule has 1 N–H and O–H groups in total. The van der Waals surface area contributed by atoms with Gasteiger partial charge in [-0.25, -0.2) is 0 Å². The standard InChI is InChI=1S/C20H33NO/c1-15-12-16(2)14-21(13-15)10-6-7-11-22-20-18(4)9-8-17(3)19(20)5/h8-9,15-16H,6-7,10-14H2,1-5H3/p+1/t15-,16-/m1/s1. The highest BCUT2D eigenvalue weighted by Gasteiger charge is 2.24. The van der Waals surface area contributed by atoms with E-state index < -0.39 is 0 Å². The van der Waals surface area contributed by atoms with E-state index in [2.05, 4.69) is 46.8 Å². The lowest BCUT2D eigenvalue weighted by Crippen LogP contribution is -3.14. The summed E-state index contributed by atoms with van der Waals surface area (Å²) >= 11 is 0. The maximum Gasteiger partial charge on any atom is 0.125 e. The van der Waals surface area contributed by atoms with Crippen LogP contribution in [0.3, 0.4) is 0 Å². The third-order valence-electron chi connectivity index (χ3n) is 5.12. The second-order valence-corrected chi connectivity index (χ2v) is 7.56. The molecular formula is C20H34NO+. The highest BCUT2D eigenvalue weighted by molar-refractivity contribution is 5.44. The molecule has 22 heavy (non-hydrogen) atoms. The molecule has 2 rings (SSSR count). The molecule has 124 valence electrons. The molecule has 0 spiro atoms. The number of quaternary nitrogens is 1. The van der Waals surface area contributed by atoms with E-state index in [9.17, 15) is 0 Å². The fourth-order valence-corrected chi connectivity index (χ4v) is 3.93. The quantitative estimate of drug-likeness (QED) is 0.796. The average molecular weight is 304 g/mol. The maximum atomic E-state index is 6.07. The smallest absolute Gasteiger partial charge is 0.125 e. The first-order valence-corrected chi connectivity index (χ1v) is 9.00. The van der Waals surface area contributed by atoms with Crippen molar-refractivity contribution >= 4 is 0 Å². The Labute approximate surface area is 136 Å². The van der Waals surface area contributed by atoms with E-state index in [1.807, 2.05) is 0 Å². The number of rotatable bonds is 6. The average Bonchev–Trinajstić information content (AvgIpc) is 2.45. The molecule has 0 bridgehead atoms. The van der Waals surface area contributed by atoms with Gasteiger partial charge >= 0.3 is 0 Å². The van der Waals surface area contributed by atoms with E-state index in [0.29, 0.717) is 0 Å². The molecule has 0 unspecified atom stereocenters. The number of ether oxygens (including phenoxy) is 1. The third-order valence-corrected chi connectivity index (χ3v) is 5.12. The highest BCUT2D eigenvalue weighted by atomic mass is 16.5. The van der Waals surface area contributed by atoms with Gasteiger partial charge < -0.3 is 9.64 Å². The van der Waals surface area contributed by atoms with E-state index in [0.717, 1.165) is 24.2 Å². The van der Waals surface area contributed by atoms with E-state index in [1.165, 1.54) is 55.6 Å². The summed E-state index contributed by atoms with van der Waals surface area (Å²) in [6.45, 7) is 16.2. The summed E-state index contributed by atoms with van der Waals surface area (Å²) in [4.78, 5) is 1.80. The molecule has 1 saturated heterocycles. The van der Waals surface area contributed by atoms with E-state index in [1.54, 1.807) is 4.90 Å². The van der Waals surface area contributed by atoms with Crippen molar-refractivity contribution in [2.75, 3.05) is 26.2 Å². The van der Waals surface area contributed by atoms with Crippen LogP contribution in [0.25, 0.3) is 0 Å². The number of likely N-dealkylation sites (tertiary alicyclic amines) is 1. The molecule has 1 aliphatic heterocycles. The molecule has 1 aliphatic rings. The predicted octanol–water partition coefficient (Wildman–Crippen LogP) is 3.33. The van der Waals surface area contributed by atoms with Crippen LogP contribution in [0.2, 0.25) is 0 Å². The summed E-state index contributed by atoms with van der Waals surface area (Å²) in [5.41, 5.74) is 3.87. The van der Waals surface area contributed by atoms with E-state index in [4.69, 9.17) is 4.74 Å². The maximum absolute atomic E-state index is 6.07. The van der Waals surface area contributed by atoms with Gasteiger partial charge in [-0.05, 0) is 56.7 Å². The first-order valence-electron chi connectivity index (χ1n) is 9.00. The molecule has 2 atom stereocenters. The van der Waals surface area contributed by atoms with Gasteiger partial charge in [-0.1, -0.05) is 26.0 Å². The molecule has 1 aromatic carbocycles. The van der Waals surface area contributed by atoms with Crippen molar-refractivity contribution in [2.24, 2.45) is 11.8 Å². The molecule has 0 aromatic heterocycles. The van der Waals surface area contributed by atoms with Gasteiger partial charge in [0.1, 0.15) is 5.75 Å². The van der Waals surface area contributed by atoms with Gasteiger partial charge in [-0.2, -0.15) is 0 Å². The van der Waals surface area contributed by atoms with E-state index in [-0.39, 0.29) is 0 Å². The number of hydrogen-bond acceptors (Lipinski definition) is 1. The molecule has 0 radical (unpaired) electrons. The topological polar surface area (TPSA) is 13.7 Å². The summed E-state index contributed by atoms with van der Waals surface area (Å²) in [5.74, 6) is 2.90. The Morgan fingerprint density at radius 2 is 1.64 bits per heavy atom. The van der Waals surface area contributed by atoms with Crippen molar-refractivity contribution in [2.45, 2.75) is 53.9 Å². The molecular weight excluding hydrogens is 270 g/mol. The Balaban J connectivity index is 1.71. The normalized spacial score (nSPS) is 25.2. The summed E-state index contributed by atoms with van der Waals surface area (Å²) in [6, 6.07) is 4.35. The van der Waals surface area contributed by atoms with Gasteiger partial charge in [0.25, 0.3) is 0 Å². The second-order valence-electron chi connectivity index (χ2n) is 7.56. The molecule has 0 amide bonds. The first-order chi connectivity index (χ1) is 10.5. The Bertz CT molecular complexity index is 473. The van der Waals surface area contributed by atoms with Gasteiger partial charge in [-0.3, -0.25) is 0 Å². The van der Waals surface area contributed by atoms with Crippen molar-refractivity contribution in [3.63, 3.8) is 0 Å². The van der Waals surface area contributed by atoms with Crippen LogP contribution in [-0.2, 0) is 0 Å². The van der Waals surface area contributed by atoms with Crippen LogP contribution >= 0.6 is 0 Å². The van der Waals surface area contributed by atoms with Crippen molar-refractivity contribution in [1.29, 1.82) is 0 Å². The van der Waals surface area contributed by atoms with Crippen LogP contribution in [0.4, 0.5) is 0 Å². The molecule has 1 heterocycles. The number of unbranched alkanes of at least 4 members (excludes halogenated alkanes) is 1. The Hall–Kier alpha value is -1.02. The largest absolute Gasteiger partial charge is 0.493 e. The van der Waals surface area contributed by atoms with E-state index >= 15 is 0 Å². The van der Waals surface area contributed by atoms with Crippen molar-refractivity contribution < 1.29 is 9.64 Å². The summed E-state index contributed by atoms with van der Waals surface area (Å²) in [5, 5.41) is 0. The zero-order valence-corrected chi connectivity index (χ0v) is 15.2. The Kier molecular flexibility index (Phi) is 6.31. The number of benzene rings is 1. The molecule has 0 saturated carbocycles. The van der Waals surface area contributed by atoms with Gasteiger partial charge in [0.05, 0.1) is 26.2 Å². The van der Waals surface area contributed by atoms with Crippen molar-refractivity contribution in [3.8, 4) is 5.75 Å². The Morgan fingerprint density at radius 3 is 2.32 bits per heavy atom. The van der Waals surface area contributed by atoms with Crippen molar-refractivity contribution in [1.82, 2.24) is 0 Å². The SMILES string of the molecule is Cc1ccc(C)c(OCCCC[NH+]2C[C@H](C)C[C@@H](C)C2)c1C. The van der Waals surface area contributed by atoms with Gasteiger partial charge in [0.2, 0.25) is 0 Å². The van der Waals surface area contributed by atoms with Crippen LogP contribution in [0.15, 0.2) is 12.1 Å². The Morgan fingerprint density at radius 1 is 1.00 bits per heavy atom. The predicted molar refractivity (Wildman–Crippen MR) is 93.9 cm³/mol. The number of piperidine rings is 1. The van der Waals surface area contributed by atoms with Crippen LogP contribution in [-0.4, -0.2) is 26.2 Å². The zero-order chi connectivity index (χ0) is 16.1. The summed E-state index contributed by atoms with van der Waals surface area (Å²) < 4.78 is 6.07. The molecule has 2 heteroatoms. The lowest BCUT2D eigenvalue weighted by Gasteiger charge is -2.32. The second kappa shape index (κ2) is 8.01. The number of aryl methyl sites for hydroxylation is 2. The minimum atomic E-state index is 0.851. The fourth-order valence-electron chi connectivity index (χ4n) is 3.93. The minimum absolute atomic E-state index is 0.851. The van der Waals surface area contributed by atoms with Crippen LogP contribution in [0.1, 0.15) is 49.8 Å². The lowest BCUT2D eigenvalue weighted by molar-refractivity contribution is -0.912. The number of hydrogen-bond donors (Lipinski definition) is 1. The highest BCUT2D eigenvalue weighted by Crippen LogP contribution is 2.25. The molecule has 1 fully saturated rings. The molecule has 1 aromatic rings. The summed E-state index contributed by atoms with van der Waals surface area (Å²) in [6.07, 6.45) is 3.86. The third kappa shape index (κ3) is 4.74. The van der Waals surface area contributed by atoms with Gasteiger partial charge in [-0.15, -0.1) is 0 Å². The van der Waals surface area contributed by atoms with Gasteiger partial charge in [0.15, 0.2) is 0 Å². The van der Waals surface area contributed by atoms with Crippen molar-refractivity contribution in [3.05, 3.63) is 28.8 Å². The zero-order valence-electron chi connectivity index (χ0n) is 15.2. The first kappa shape index (κ1) is 17.3. The lowest BCUT2D eigenvalue weighted by atomic mass is 9.92. The van der Waals surface area contributed by atoms with Crippen LogP contribution < -0.4 is 9.64 Å². The molecule has 2 nitrogen and oxygen atoms in total. The summed E-state index contributed by atoms with van der Waals surface area (Å²) in [7, 11) is 0. The van der Waals surface area contributed by atoms with Gasteiger partial charge in [0, 0.05) is 11.8 Å². The minimum Gasteiger partial charge on any atom is -0.493 e. The fraction of sp³-hybridized carbons (Fsp3) is 0.700. The number of nitrogens with one attached hydrogen (secondary N) is 1. The molecule has 0 aliphatic carbocycles. The monoisotopic (exact) mass is 304 g/mol. The van der Waals surface area contributed by atoms with Crippen LogP contribution in [0, 0.1) is 32.6 Å². The van der Waals surface area contributed by atoms with Crippen LogP contribution in [0.5, 0.6) is 5.75 Å².